The maximum absolute atomic E-state index is 12.7. The Kier molecular flexibility index (Phi) is 3.78. The van der Waals surface area contributed by atoms with Crippen LogP contribution in [0.1, 0.15) is 5.56 Å². The van der Waals surface area contributed by atoms with Crippen LogP contribution in [-0.4, -0.2) is 16.0 Å². The molecule has 92 valence electrons. The molecule has 0 fully saturated rings. The summed E-state index contributed by atoms with van der Waals surface area (Å²) in [7, 11) is 0. The van der Waals surface area contributed by atoms with Crippen molar-refractivity contribution >= 4 is 17.6 Å². The van der Waals surface area contributed by atoms with Crippen LogP contribution in [-0.2, 0) is 0 Å². The van der Waals surface area contributed by atoms with Crippen molar-refractivity contribution < 1.29 is 9.60 Å². The van der Waals surface area contributed by atoms with Crippen LogP contribution in [0.15, 0.2) is 57.7 Å². The predicted octanol–water partition coefficient (Wildman–Crippen LogP) is 2.47. The largest absolute Gasteiger partial charge is 0.409 e. The maximum Gasteiger partial charge on any atom is 0.171 e. The summed E-state index contributed by atoms with van der Waals surface area (Å²) in [5, 5.41) is 12.1. The molecular weight excluding hydrogens is 253 g/mol. The number of aromatic nitrogens is 1. The van der Waals surface area contributed by atoms with Gasteiger partial charge in [-0.3, -0.25) is 0 Å². The molecule has 2 rings (SSSR count). The van der Waals surface area contributed by atoms with Crippen molar-refractivity contribution in [2.75, 3.05) is 0 Å². The van der Waals surface area contributed by atoms with Crippen LogP contribution in [0.2, 0.25) is 0 Å². The van der Waals surface area contributed by atoms with Crippen LogP contribution in [0.25, 0.3) is 0 Å². The molecule has 1 aromatic heterocycles. The van der Waals surface area contributed by atoms with E-state index >= 15 is 0 Å². The van der Waals surface area contributed by atoms with Gasteiger partial charge in [-0.2, -0.15) is 0 Å². The second-order valence-corrected chi connectivity index (χ2v) is 4.52. The molecule has 0 aliphatic carbocycles. The Bertz CT molecular complexity index is 555. The molecule has 0 saturated heterocycles. The summed E-state index contributed by atoms with van der Waals surface area (Å²) in [5.41, 5.74) is 5.97. The van der Waals surface area contributed by atoms with Gasteiger partial charge in [0.25, 0.3) is 0 Å². The first-order valence-corrected chi connectivity index (χ1v) is 5.88. The molecule has 0 aliphatic rings. The highest BCUT2D eigenvalue weighted by molar-refractivity contribution is 7.99. The molecule has 0 atom stereocenters. The van der Waals surface area contributed by atoms with Crippen LogP contribution in [0.5, 0.6) is 0 Å². The number of nitrogens with zero attached hydrogens (tertiary/aromatic N) is 2. The van der Waals surface area contributed by atoms with Crippen molar-refractivity contribution in [3.05, 3.63) is 54.0 Å². The molecular formula is C12H10FN3OS. The number of halogens is 1. The van der Waals surface area contributed by atoms with E-state index in [2.05, 4.69) is 10.1 Å². The van der Waals surface area contributed by atoms with E-state index in [0.29, 0.717) is 5.56 Å². The van der Waals surface area contributed by atoms with Gasteiger partial charge < -0.3 is 10.9 Å². The van der Waals surface area contributed by atoms with E-state index in [0.717, 1.165) is 9.92 Å². The zero-order chi connectivity index (χ0) is 13.0. The van der Waals surface area contributed by atoms with Crippen LogP contribution in [0.4, 0.5) is 4.39 Å². The molecule has 0 unspecified atom stereocenters. The van der Waals surface area contributed by atoms with Gasteiger partial charge in [-0.05, 0) is 36.4 Å². The quantitative estimate of drug-likeness (QED) is 0.386. The molecule has 0 spiro atoms. The number of nitrogens with two attached hydrogens (primary N) is 1. The Morgan fingerprint density at radius 3 is 2.50 bits per heavy atom. The minimum Gasteiger partial charge on any atom is -0.409 e. The summed E-state index contributed by atoms with van der Waals surface area (Å²) in [6.07, 6.45) is 1.51. The van der Waals surface area contributed by atoms with Crippen molar-refractivity contribution in [2.24, 2.45) is 10.9 Å². The second kappa shape index (κ2) is 5.50. The molecule has 0 saturated carbocycles. The standard InChI is InChI=1S/C12H10FN3OS/c13-9-2-4-10(5-3-9)18-11-6-1-8(7-15-11)12(14)16-17/h1-7,17H,(H2,14,16). The van der Waals surface area contributed by atoms with Crippen molar-refractivity contribution in [2.45, 2.75) is 9.92 Å². The summed E-state index contributed by atoms with van der Waals surface area (Å²) >= 11 is 1.40. The molecule has 0 bridgehead atoms. The molecule has 2 aromatic rings. The summed E-state index contributed by atoms with van der Waals surface area (Å²) in [5.74, 6) is -0.254. The third kappa shape index (κ3) is 2.98. The molecule has 6 heteroatoms. The maximum atomic E-state index is 12.7. The molecule has 3 N–H and O–H groups in total. The Labute approximate surface area is 107 Å². The fourth-order valence-electron chi connectivity index (χ4n) is 1.27. The van der Waals surface area contributed by atoms with E-state index in [4.69, 9.17) is 10.9 Å². The lowest BCUT2D eigenvalue weighted by atomic mass is 10.3. The highest BCUT2D eigenvalue weighted by Crippen LogP contribution is 2.25. The van der Waals surface area contributed by atoms with Gasteiger partial charge in [0.2, 0.25) is 0 Å². The summed E-state index contributed by atoms with van der Waals surface area (Å²) in [4.78, 5) is 5.05. The smallest absolute Gasteiger partial charge is 0.171 e. The number of amidine groups is 1. The summed E-state index contributed by atoms with van der Waals surface area (Å²) in [6, 6.07) is 9.60. The number of hydrogen-bond acceptors (Lipinski definition) is 4. The van der Waals surface area contributed by atoms with Gasteiger partial charge in [0.05, 0.1) is 0 Å². The highest BCUT2D eigenvalue weighted by Gasteiger charge is 2.02. The van der Waals surface area contributed by atoms with Gasteiger partial charge in [-0.1, -0.05) is 16.9 Å². The average molecular weight is 263 g/mol. The Hall–Kier alpha value is -2.08. The van der Waals surface area contributed by atoms with E-state index in [1.165, 1.54) is 30.1 Å². The minimum absolute atomic E-state index is 0.0147. The molecule has 0 aliphatic heterocycles. The number of benzene rings is 1. The Morgan fingerprint density at radius 2 is 1.94 bits per heavy atom. The lowest BCUT2D eigenvalue weighted by molar-refractivity contribution is 0.318. The monoisotopic (exact) mass is 263 g/mol. The fraction of sp³-hybridized carbons (Fsp3) is 0. The fourth-order valence-corrected chi connectivity index (χ4v) is 2.03. The van der Waals surface area contributed by atoms with Crippen LogP contribution in [0.3, 0.4) is 0 Å². The van der Waals surface area contributed by atoms with Crippen molar-refractivity contribution in [3.63, 3.8) is 0 Å². The SMILES string of the molecule is N/C(=N\O)c1ccc(Sc2ccc(F)cc2)nc1. The van der Waals surface area contributed by atoms with Gasteiger partial charge in [0.15, 0.2) is 5.84 Å². The third-order valence-electron chi connectivity index (χ3n) is 2.18. The summed E-state index contributed by atoms with van der Waals surface area (Å²) in [6.45, 7) is 0. The van der Waals surface area contributed by atoms with Gasteiger partial charge in [-0.15, -0.1) is 0 Å². The van der Waals surface area contributed by atoms with Gasteiger partial charge in [-0.25, -0.2) is 9.37 Å². The zero-order valence-electron chi connectivity index (χ0n) is 9.25. The lowest BCUT2D eigenvalue weighted by Gasteiger charge is -2.02. The van der Waals surface area contributed by atoms with E-state index in [9.17, 15) is 4.39 Å². The van der Waals surface area contributed by atoms with E-state index in [1.54, 1.807) is 24.3 Å². The molecule has 0 radical (unpaired) electrons. The van der Waals surface area contributed by atoms with E-state index < -0.39 is 0 Å². The normalized spacial score (nSPS) is 11.5. The number of pyridine rings is 1. The van der Waals surface area contributed by atoms with Gasteiger partial charge in [0, 0.05) is 16.7 Å². The molecule has 1 aromatic carbocycles. The van der Waals surface area contributed by atoms with Gasteiger partial charge in [0.1, 0.15) is 10.8 Å². The average Bonchev–Trinajstić information content (AvgIpc) is 2.41. The van der Waals surface area contributed by atoms with Crippen LogP contribution in [0, 0.1) is 5.82 Å². The first-order chi connectivity index (χ1) is 8.69. The summed E-state index contributed by atoms with van der Waals surface area (Å²) < 4.78 is 12.7. The van der Waals surface area contributed by atoms with Crippen LogP contribution >= 0.6 is 11.8 Å². The molecule has 4 nitrogen and oxygen atoms in total. The van der Waals surface area contributed by atoms with E-state index in [1.807, 2.05) is 0 Å². The molecule has 18 heavy (non-hydrogen) atoms. The van der Waals surface area contributed by atoms with Gasteiger partial charge >= 0.3 is 0 Å². The molecule has 0 amide bonds. The number of rotatable bonds is 3. The highest BCUT2D eigenvalue weighted by atomic mass is 32.2. The first-order valence-electron chi connectivity index (χ1n) is 5.06. The Morgan fingerprint density at radius 1 is 1.22 bits per heavy atom. The van der Waals surface area contributed by atoms with Crippen LogP contribution < -0.4 is 5.73 Å². The predicted molar refractivity (Wildman–Crippen MR) is 67.3 cm³/mol. The zero-order valence-corrected chi connectivity index (χ0v) is 10.1. The third-order valence-corrected chi connectivity index (χ3v) is 3.13. The number of hydrogen-bond donors (Lipinski definition) is 2. The minimum atomic E-state index is -0.269. The second-order valence-electron chi connectivity index (χ2n) is 3.43. The number of oxime groups is 1. The van der Waals surface area contributed by atoms with Crippen molar-refractivity contribution in [3.8, 4) is 0 Å². The Balaban J connectivity index is 2.13. The lowest BCUT2D eigenvalue weighted by Crippen LogP contribution is -2.13. The van der Waals surface area contributed by atoms with Crippen molar-refractivity contribution in [1.29, 1.82) is 0 Å². The molecule has 1 heterocycles. The topological polar surface area (TPSA) is 71.5 Å². The first kappa shape index (κ1) is 12.4. The van der Waals surface area contributed by atoms with Crippen molar-refractivity contribution in [1.82, 2.24) is 4.98 Å². The van der Waals surface area contributed by atoms with E-state index in [-0.39, 0.29) is 11.7 Å².